The van der Waals surface area contributed by atoms with Crippen LogP contribution in [0.2, 0.25) is 5.02 Å². The maximum absolute atomic E-state index is 13.1. The molecule has 1 aliphatic rings. The van der Waals surface area contributed by atoms with Crippen LogP contribution in [0.5, 0.6) is 5.75 Å². The highest BCUT2D eigenvalue weighted by Gasteiger charge is 2.31. The Morgan fingerprint density at radius 2 is 1.81 bits per heavy atom. The molecular formula is C28H25ClN4O3. The minimum Gasteiger partial charge on any atom is -0.507 e. The lowest BCUT2D eigenvalue weighted by molar-refractivity contribution is 0.102. The molecule has 1 heterocycles. The van der Waals surface area contributed by atoms with E-state index in [2.05, 4.69) is 15.7 Å². The number of aromatic hydroxyl groups is 1. The first-order valence-electron chi connectivity index (χ1n) is 11.7. The molecule has 0 radical (unpaired) electrons. The molecule has 0 saturated heterocycles. The van der Waals surface area contributed by atoms with Crippen LogP contribution in [0.15, 0.2) is 72.8 Å². The standard InChI is InChI=1S/C28H25ClN4O3/c1-17-6-2-3-7-19(17)16-30-28(36)33-25(18-10-11-18)15-24(32-33)22-14-20(12-13-26(22)34)31-27(35)21-8-4-5-9-23(21)29/h2-9,12-15,18,34H,10-11,16H2,1H3,(H,30,36)(H,31,35). The van der Waals surface area contributed by atoms with Gasteiger partial charge in [-0.05, 0) is 67.3 Å². The van der Waals surface area contributed by atoms with Gasteiger partial charge in [-0.1, -0.05) is 48.0 Å². The summed E-state index contributed by atoms with van der Waals surface area (Å²) in [5.74, 6) is -0.115. The van der Waals surface area contributed by atoms with Gasteiger partial charge in [0, 0.05) is 23.7 Å². The maximum atomic E-state index is 13.1. The molecule has 0 bridgehead atoms. The first-order valence-corrected chi connectivity index (χ1v) is 12.1. The number of benzene rings is 3. The van der Waals surface area contributed by atoms with Crippen molar-refractivity contribution in [3.8, 4) is 17.0 Å². The van der Waals surface area contributed by atoms with Crippen molar-refractivity contribution in [3.63, 3.8) is 0 Å². The van der Waals surface area contributed by atoms with Gasteiger partial charge in [0.15, 0.2) is 0 Å². The van der Waals surface area contributed by atoms with Crippen molar-refractivity contribution in [1.82, 2.24) is 15.1 Å². The fourth-order valence-electron chi connectivity index (χ4n) is 4.08. The molecule has 3 aromatic carbocycles. The fraction of sp³-hybridized carbons (Fsp3) is 0.179. The molecular weight excluding hydrogens is 476 g/mol. The van der Waals surface area contributed by atoms with E-state index in [0.717, 1.165) is 29.7 Å². The van der Waals surface area contributed by atoms with E-state index in [1.165, 1.54) is 10.7 Å². The van der Waals surface area contributed by atoms with E-state index in [4.69, 9.17) is 11.6 Å². The van der Waals surface area contributed by atoms with E-state index in [1.54, 1.807) is 36.4 Å². The number of amides is 2. The molecule has 8 heteroatoms. The second kappa shape index (κ2) is 9.87. The van der Waals surface area contributed by atoms with E-state index in [-0.39, 0.29) is 23.6 Å². The van der Waals surface area contributed by atoms with Crippen molar-refractivity contribution in [2.75, 3.05) is 5.32 Å². The number of hydrogen-bond donors (Lipinski definition) is 3. The summed E-state index contributed by atoms with van der Waals surface area (Å²) in [6, 6.07) is 20.9. The Balaban J connectivity index is 1.40. The van der Waals surface area contributed by atoms with E-state index in [0.29, 0.717) is 34.1 Å². The molecule has 7 nitrogen and oxygen atoms in total. The predicted octanol–water partition coefficient (Wildman–Crippen LogP) is 6.11. The highest BCUT2D eigenvalue weighted by Crippen LogP contribution is 2.42. The number of phenolic OH excluding ortho intramolecular Hbond substituents is 1. The summed E-state index contributed by atoms with van der Waals surface area (Å²) in [6.45, 7) is 2.39. The number of anilines is 1. The van der Waals surface area contributed by atoms with Gasteiger partial charge in [-0.2, -0.15) is 9.78 Å². The number of aromatic nitrogens is 2. The number of carbonyl (C=O) groups is 2. The Bertz CT molecular complexity index is 1460. The van der Waals surface area contributed by atoms with Crippen LogP contribution in [0.25, 0.3) is 11.3 Å². The van der Waals surface area contributed by atoms with Crippen LogP contribution in [-0.2, 0) is 6.54 Å². The molecule has 36 heavy (non-hydrogen) atoms. The first kappa shape index (κ1) is 23.6. The molecule has 1 saturated carbocycles. The van der Waals surface area contributed by atoms with Crippen molar-refractivity contribution >= 4 is 29.2 Å². The predicted molar refractivity (Wildman–Crippen MR) is 140 cm³/mol. The molecule has 1 aromatic heterocycles. The van der Waals surface area contributed by atoms with Crippen LogP contribution < -0.4 is 10.6 Å². The maximum Gasteiger partial charge on any atom is 0.342 e. The topological polar surface area (TPSA) is 96.3 Å². The fourth-order valence-corrected chi connectivity index (χ4v) is 4.30. The summed E-state index contributed by atoms with van der Waals surface area (Å²) < 4.78 is 1.39. The zero-order chi connectivity index (χ0) is 25.2. The SMILES string of the molecule is Cc1ccccc1CNC(=O)n1nc(-c2cc(NC(=O)c3ccccc3Cl)ccc2O)cc1C1CC1. The lowest BCUT2D eigenvalue weighted by Gasteiger charge is -2.10. The van der Waals surface area contributed by atoms with Gasteiger partial charge in [-0.15, -0.1) is 0 Å². The quantitative estimate of drug-likeness (QED) is 0.278. The third-order valence-corrected chi connectivity index (χ3v) is 6.59. The Labute approximate surface area is 213 Å². The van der Waals surface area contributed by atoms with Gasteiger partial charge >= 0.3 is 6.03 Å². The summed E-state index contributed by atoms with van der Waals surface area (Å²) in [4.78, 5) is 25.8. The minimum absolute atomic E-state index is 0.00180. The van der Waals surface area contributed by atoms with Crippen LogP contribution in [0, 0.1) is 6.92 Å². The number of phenols is 1. The molecule has 5 rings (SSSR count). The number of carbonyl (C=O) groups excluding carboxylic acids is 2. The lowest BCUT2D eigenvalue weighted by atomic mass is 10.1. The van der Waals surface area contributed by atoms with Crippen molar-refractivity contribution in [3.05, 3.63) is 100 Å². The Hall–Kier alpha value is -4.10. The molecule has 0 unspecified atom stereocenters. The highest BCUT2D eigenvalue weighted by molar-refractivity contribution is 6.34. The molecule has 1 aliphatic carbocycles. The highest BCUT2D eigenvalue weighted by atomic mass is 35.5. The van der Waals surface area contributed by atoms with Gasteiger partial charge in [0.2, 0.25) is 0 Å². The van der Waals surface area contributed by atoms with E-state index >= 15 is 0 Å². The number of hydrogen-bond acceptors (Lipinski definition) is 4. The molecule has 2 amide bonds. The monoisotopic (exact) mass is 500 g/mol. The number of rotatable bonds is 6. The molecule has 0 aliphatic heterocycles. The molecule has 4 aromatic rings. The van der Waals surface area contributed by atoms with E-state index in [1.807, 2.05) is 37.3 Å². The number of nitrogens with one attached hydrogen (secondary N) is 2. The number of halogens is 1. The smallest absolute Gasteiger partial charge is 0.342 e. The van der Waals surface area contributed by atoms with Gasteiger partial charge in [0.25, 0.3) is 5.91 Å². The van der Waals surface area contributed by atoms with Crippen molar-refractivity contribution < 1.29 is 14.7 Å². The summed E-state index contributed by atoms with van der Waals surface area (Å²) in [6.07, 6.45) is 1.96. The summed E-state index contributed by atoms with van der Waals surface area (Å²) >= 11 is 6.15. The third-order valence-electron chi connectivity index (χ3n) is 6.27. The Morgan fingerprint density at radius 3 is 2.56 bits per heavy atom. The van der Waals surface area contributed by atoms with Crippen LogP contribution in [0.3, 0.4) is 0 Å². The Kier molecular flexibility index (Phi) is 6.48. The van der Waals surface area contributed by atoms with Crippen molar-refractivity contribution in [2.24, 2.45) is 0 Å². The van der Waals surface area contributed by atoms with Crippen LogP contribution >= 0.6 is 11.6 Å². The zero-order valence-electron chi connectivity index (χ0n) is 19.7. The number of aryl methyl sites for hydroxylation is 1. The first-order chi connectivity index (χ1) is 17.4. The van der Waals surface area contributed by atoms with Gasteiger partial charge in [0.1, 0.15) is 5.75 Å². The van der Waals surface area contributed by atoms with Crippen LogP contribution in [0.4, 0.5) is 10.5 Å². The second-order valence-electron chi connectivity index (χ2n) is 8.89. The summed E-state index contributed by atoms with van der Waals surface area (Å²) in [7, 11) is 0. The van der Waals surface area contributed by atoms with Crippen LogP contribution in [-0.4, -0.2) is 26.8 Å². The normalized spacial score (nSPS) is 12.8. The largest absolute Gasteiger partial charge is 0.507 e. The molecule has 0 spiro atoms. The molecule has 182 valence electrons. The summed E-state index contributed by atoms with van der Waals surface area (Å²) in [5, 5.41) is 21.2. The zero-order valence-corrected chi connectivity index (χ0v) is 20.4. The van der Waals surface area contributed by atoms with Crippen LogP contribution in [0.1, 0.15) is 45.9 Å². The van der Waals surface area contributed by atoms with Crippen molar-refractivity contribution in [1.29, 1.82) is 0 Å². The van der Waals surface area contributed by atoms with E-state index in [9.17, 15) is 14.7 Å². The summed E-state index contributed by atoms with van der Waals surface area (Å²) in [5.41, 5.74) is 4.62. The minimum atomic E-state index is -0.364. The third kappa shape index (κ3) is 4.97. The van der Waals surface area contributed by atoms with Gasteiger partial charge in [-0.3, -0.25) is 4.79 Å². The van der Waals surface area contributed by atoms with Gasteiger partial charge in [0.05, 0.1) is 22.0 Å². The average molecular weight is 501 g/mol. The Morgan fingerprint density at radius 1 is 1.06 bits per heavy atom. The lowest BCUT2D eigenvalue weighted by Crippen LogP contribution is -2.30. The molecule has 0 atom stereocenters. The number of nitrogens with zero attached hydrogens (tertiary/aromatic N) is 2. The van der Waals surface area contributed by atoms with Gasteiger partial charge < -0.3 is 15.7 Å². The van der Waals surface area contributed by atoms with E-state index < -0.39 is 0 Å². The van der Waals surface area contributed by atoms with Gasteiger partial charge in [-0.25, -0.2) is 4.79 Å². The molecule has 3 N–H and O–H groups in total. The van der Waals surface area contributed by atoms with Crippen molar-refractivity contribution in [2.45, 2.75) is 32.2 Å². The average Bonchev–Trinajstić information content (AvgIpc) is 3.63. The molecule has 1 fully saturated rings. The second-order valence-corrected chi connectivity index (χ2v) is 9.30.